The third kappa shape index (κ3) is 3.60. The molecule has 1 aromatic rings. The van der Waals surface area contributed by atoms with E-state index in [0.717, 1.165) is 5.92 Å². The summed E-state index contributed by atoms with van der Waals surface area (Å²) in [5.41, 5.74) is 3.04. The van der Waals surface area contributed by atoms with Crippen LogP contribution in [0.3, 0.4) is 0 Å². The van der Waals surface area contributed by atoms with Crippen molar-refractivity contribution in [3.05, 3.63) is 29.8 Å². The van der Waals surface area contributed by atoms with Gasteiger partial charge in [-0.05, 0) is 56.7 Å². The van der Waals surface area contributed by atoms with Crippen LogP contribution in [0.25, 0.3) is 0 Å². The Morgan fingerprint density at radius 1 is 1.10 bits per heavy atom. The number of nitrogens with zero attached hydrogens (tertiary/aromatic N) is 1. The molecule has 0 radical (unpaired) electrons. The summed E-state index contributed by atoms with van der Waals surface area (Å²) in [6, 6.07) is 9.69. The van der Waals surface area contributed by atoms with Gasteiger partial charge in [-0.2, -0.15) is 0 Å². The van der Waals surface area contributed by atoms with E-state index < -0.39 is 0 Å². The molecule has 1 aromatic carbocycles. The van der Waals surface area contributed by atoms with Gasteiger partial charge in [-0.15, -0.1) is 0 Å². The summed E-state index contributed by atoms with van der Waals surface area (Å²) in [4.78, 5) is 2.65. The minimum absolute atomic E-state index is 0.649. The van der Waals surface area contributed by atoms with Gasteiger partial charge in [-0.1, -0.05) is 37.5 Å². The molecule has 21 heavy (non-hydrogen) atoms. The van der Waals surface area contributed by atoms with E-state index in [9.17, 15) is 0 Å². The molecule has 2 aliphatic rings. The molecule has 1 aliphatic heterocycles. The molecule has 1 N–H and O–H groups in total. The second-order valence-corrected chi connectivity index (χ2v) is 6.83. The lowest BCUT2D eigenvalue weighted by molar-refractivity contribution is 0.279. The molecule has 0 saturated heterocycles. The van der Waals surface area contributed by atoms with E-state index in [1.807, 2.05) is 0 Å². The lowest BCUT2D eigenvalue weighted by atomic mass is 9.83. The van der Waals surface area contributed by atoms with Crippen molar-refractivity contribution in [2.75, 3.05) is 25.0 Å². The number of hydrogen-bond acceptors (Lipinski definition) is 2. The fraction of sp³-hybridized carbons (Fsp3) is 0.684. The summed E-state index contributed by atoms with van der Waals surface area (Å²) in [6.45, 7) is 2.40. The van der Waals surface area contributed by atoms with Crippen molar-refractivity contribution in [1.29, 1.82) is 0 Å². The van der Waals surface area contributed by atoms with Gasteiger partial charge in [0, 0.05) is 24.8 Å². The molecule has 3 rings (SSSR count). The smallest absolute Gasteiger partial charge is 0.0399 e. The number of anilines is 1. The average Bonchev–Trinajstić information content (AvgIpc) is 2.76. The number of fused-ring (bicyclic) bond motifs is 1. The van der Waals surface area contributed by atoms with E-state index in [0.29, 0.717) is 6.04 Å². The van der Waals surface area contributed by atoms with Crippen LogP contribution in [0.2, 0.25) is 0 Å². The van der Waals surface area contributed by atoms with Crippen LogP contribution in [0, 0.1) is 5.92 Å². The highest BCUT2D eigenvalue weighted by atomic mass is 15.2. The Balaban J connectivity index is 1.73. The third-order valence-electron chi connectivity index (χ3n) is 5.46. The maximum atomic E-state index is 3.63. The predicted molar refractivity (Wildman–Crippen MR) is 91.0 cm³/mol. The number of rotatable bonds is 4. The van der Waals surface area contributed by atoms with Gasteiger partial charge in [0.05, 0.1) is 0 Å². The number of hydrogen-bond donors (Lipinski definition) is 1. The SMILES string of the molecule is CNC(CN1CCCCc2ccccc21)C1CCCCC1. The van der Waals surface area contributed by atoms with Crippen LogP contribution in [-0.4, -0.2) is 26.2 Å². The Morgan fingerprint density at radius 2 is 1.90 bits per heavy atom. The van der Waals surface area contributed by atoms with Gasteiger partial charge in [-0.25, -0.2) is 0 Å². The zero-order valence-electron chi connectivity index (χ0n) is 13.5. The first-order valence-corrected chi connectivity index (χ1v) is 8.88. The van der Waals surface area contributed by atoms with Gasteiger partial charge in [0.2, 0.25) is 0 Å². The van der Waals surface area contributed by atoms with Crippen LogP contribution in [-0.2, 0) is 6.42 Å². The van der Waals surface area contributed by atoms with Crippen molar-refractivity contribution >= 4 is 5.69 Å². The third-order valence-corrected chi connectivity index (χ3v) is 5.46. The molecule has 0 amide bonds. The Morgan fingerprint density at radius 3 is 2.71 bits per heavy atom. The quantitative estimate of drug-likeness (QED) is 0.900. The second-order valence-electron chi connectivity index (χ2n) is 6.83. The van der Waals surface area contributed by atoms with Crippen LogP contribution in [0.5, 0.6) is 0 Å². The molecule has 1 saturated carbocycles. The molecule has 1 aliphatic carbocycles. The fourth-order valence-corrected chi connectivity index (χ4v) is 4.21. The van der Waals surface area contributed by atoms with E-state index in [-0.39, 0.29) is 0 Å². The van der Waals surface area contributed by atoms with E-state index >= 15 is 0 Å². The molecule has 0 spiro atoms. The first kappa shape index (κ1) is 14.9. The van der Waals surface area contributed by atoms with Crippen molar-refractivity contribution in [2.24, 2.45) is 5.92 Å². The molecule has 1 atom stereocenters. The van der Waals surface area contributed by atoms with Crippen LogP contribution in [0.1, 0.15) is 50.5 Å². The molecule has 1 fully saturated rings. The molecule has 1 unspecified atom stereocenters. The zero-order valence-corrected chi connectivity index (χ0v) is 13.5. The van der Waals surface area contributed by atoms with Crippen LogP contribution in [0.15, 0.2) is 24.3 Å². The lowest BCUT2D eigenvalue weighted by Gasteiger charge is -2.35. The van der Waals surface area contributed by atoms with Crippen molar-refractivity contribution in [2.45, 2.75) is 57.4 Å². The summed E-state index contributed by atoms with van der Waals surface area (Å²) >= 11 is 0. The summed E-state index contributed by atoms with van der Waals surface area (Å²) < 4.78 is 0. The average molecular weight is 286 g/mol. The van der Waals surface area contributed by atoms with Gasteiger partial charge >= 0.3 is 0 Å². The van der Waals surface area contributed by atoms with E-state index in [4.69, 9.17) is 0 Å². The van der Waals surface area contributed by atoms with Crippen molar-refractivity contribution in [3.63, 3.8) is 0 Å². The Hall–Kier alpha value is -1.02. The minimum Gasteiger partial charge on any atom is -0.370 e. The molecule has 1 heterocycles. The summed E-state index contributed by atoms with van der Waals surface area (Å²) in [7, 11) is 2.16. The van der Waals surface area contributed by atoms with Gasteiger partial charge in [0.1, 0.15) is 0 Å². The standard InChI is InChI=1S/C19H30N2/c1-20-18(16-9-3-2-4-10-16)15-21-14-8-7-12-17-11-5-6-13-19(17)21/h5-6,11,13,16,18,20H,2-4,7-10,12,14-15H2,1H3. The number of likely N-dealkylation sites (N-methyl/N-ethyl adjacent to an activating group) is 1. The lowest BCUT2D eigenvalue weighted by Crippen LogP contribution is -2.45. The summed E-state index contributed by atoms with van der Waals surface area (Å²) in [5, 5.41) is 3.63. The largest absolute Gasteiger partial charge is 0.370 e. The first-order chi connectivity index (χ1) is 10.4. The van der Waals surface area contributed by atoms with Crippen molar-refractivity contribution in [3.8, 4) is 0 Å². The van der Waals surface area contributed by atoms with E-state index in [1.54, 1.807) is 5.56 Å². The summed E-state index contributed by atoms with van der Waals surface area (Å²) in [5.74, 6) is 0.874. The molecule has 0 aromatic heterocycles. The first-order valence-electron chi connectivity index (χ1n) is 8.88. The number of nitrogens with one attached hydrogen (secondary N) is 1. The normalized spacial score (nSPS) is 21.7. The topological polar surface area (TPSA) is 15.3 Å². The molecule has 0 bridgehead atoms. The maximum absolute atomic E-state index is 3.63. The number of benzene rings is 1. The highest BCUT2D eigenvalue weighted by Gasteiger charge is 2.25. The Kier molecular flexibility index (Phi) is 5.18. The molecule has 2 heteroatoms. The maximum Gasteiger partial charge on any atom is 0.0399 e. The van der Waals surface area contributed by atoms with Crippen LogP contribution < -0.4 is 10.2 Å². The zero-order chi connectivity index (χ0) is 14.5. The highest BCUT2D eigenvalue weighted by Crippen LogP contribution is 2.30. The van der Waals surface area contributed by atoms with Crippen LogP contribution >= 0.6 is 0 Å². The van der Waals surface area contributed by atoms with Crippen LogP contribution in [0.4, 0.5) is 5.69 Å². The number of aryl methyl sites for hydroxylation is 1. The minimum atomic E-state index is 0.649. The van der Waals surface area contributed by atoms with E-state index in [2.05, 4.69) is 41.5 Å². The number of para-hydroxylation sites is 1. The molecular weight excluding hydrogens is 256 g/mol. The van der Waals surface area contributed by atoms with Crippen molar-refractivity contribution < 1.29 is 0 Å². The second kappa shape index (κ2) is 7.31. The van der Waals surface area contributed by atoms with Gasteiger partial charge in [-0.3, -0.25) is 0 Å². The van der Waals surface area contributed by atoms with E-state index in [1.165, 1.54) is 70.1 Å². The summed E-state index contributed by atoms with van der Waals surface area (Å²) in [6.07, 6.45) is 11.1. The monoisotopic (exact) mass is 286 g/mol. The Labute approximate surface area is 129 Å². The Bertz CT molecular complexity index is 437. The fourth-order valence-electron chi connectivity index (χ4n) is 4.21. The van der Waals surface area contributed by atoms with Crippen molar-refractivity contribution in [1.82, 2.24) is 5.32 Å². The van der Waals surface area contributed by atoms with Gasteiger partial charge < -0.3 is 10.2 Å². The molecular formula is C19H30N2. The van der Waals surface area contributed by atoms with Gasteiger partial charge in [0.25, 0.3) is 0 Å². The highest BCUT2D eigenvalue weighted by molar-refractivity contribution is 5.54. The molecule has 2 nitrogen and oxygen atoms in total. The predicted octanol–water partition coefficient (Wildman–Crippen LogP) is 4.00. The molecule has 116 valence electrons. The van der Waals surface area contributed by atoms with Gasteiger partial charge in [0.15, 0.2) is 0 Å².